The predicted octanol–water partition coefficient (Wildman–Crippen LogP) is 11.0. The average molecular weight is 910 g/mol. The second-order valence-electron chi connectivity index (χ2n) is 10.8. The van der Waals surface area contributed by atoms with Crippen molar-refractivity contribution >= 4 is 137 Å². The minimum absolute atomic E-state index is 0.449. The number of halogens is 8. The SMILES string of the molecule is C[Si](C)(C)c1c(Cl)ncc(Br)c1-c1cc(Cl)ncc1Br.C[Si](C)(C)c1c(Cl)ncc(Br)c1-c1cc(Cl)ncc1Br. The molecule has 0 aliphatic rings. The summed E-state index contributed by atoms with van der Waals surface area (Å²) >= 11 is 39.1. The highest BCUT2D eigenvalue weighted by Crippen LogP contribution is 2.37. The molecule has 0 bridgehead atoms. The Hall–Kier alpha value is 0.114. The van der Waals surface area contributed by atoms with Crippen molar-refractivity contribution in [1.82, 2.24) is 19.9 Å². The molecule has 4 aromatic heterocycles. The van der Waals surface area contributed by atoms with Crippen LogP contribution in [-0.2, 0) is 0 Å². The summed E-state index contributed by atoms with van der Waals surface area (Å²) in [6.07, 6.45) is 6.85. The van der Waals surface area contributed by atoms with E-state index < -0.39 is 16.1 Å². The molecule has 212 valence electrons. The van der Waals surface area contributed by atoms with Gasteiger partial charge in [-0.25, -0.2) is 19.9 Å². The highest BCUT2D eigenvalue weighted by Gasteiger charge is 2.29. The number of hydrogen-bond acceptors (Lipinski definition) is 4. The highest BCUT2D eigenvalue weighted by atomic mass is 79.9. The van der Waals surface area contributed by atoms with Gasteiger partial charge in [-0.3, -0.25) is 0 Å². The molecule has 0 aliphatic carbocycles. The number of rotatable bonds is 4. The van der Waals surface area contributed by atoms with E-state index in [9.17, 15) is 0 Å². The van der Waals surface area contributed by atoms with Crippen molar-refractivity contribution in [3.05, 3.63) is 75.4 Å². The molecule has 40 heavy (non-hydrogen) atoms. The van der Waals surface area contributed by atoms with Gasteiger partial charge in [0.1, 0.15) is 20.6 Å². The van der Waals surface area contributed by atoms with Crippen molar-refractivity contribution in [3.63, 3.8) is 0 Å². The molecule has 0 saturated carbocycles. The number of nitrogens with zero attached hydrogens (tertiary/aromatic N) is 4. The molecule has 14 heteroatoms. The Labute approximate surface area is 290 Å². The largest absolute Gasteiger partial charge is 0.243 e. The fraction of sp³-hybridized carbons (Fsp3) is 0.231. The van der Waals surface area contributed by atoms with Gasteiger partial charge in [-0.15, -0.1) is 0 Å². The Kier molecular flexibility index (Phi) is 12.0. The third-order valence-electron chi connectivity index (χ3n) is 5.66. The van der Waals surface area contributed by atoms with Crippen LogP contribution >= 0.6 is 110 Å². The first-order valence-corrected chi connectivity index (χ1v) is 23.4. The Morgan fingerprint density at radius 3 is 1.10 bits per heavy atom. The molecule has 4 nitrogen and oxygen atoms in total. The van der Waals surface area contributed by atoms with Crippen LogP contribution in [0.2, 0.25) is 59.9 Å². The van der Waals surface area contributed by atoms with Crippen molar-refractivity contribution < 1.29 is 0 Å². The van der Waals surface area contributed by atoms with E-state index in [-0.39, 0.29) is 0 Å². The van der Waals surface area contributed by atoms with Crippen LogP contribution < -0.4 is 10.4 Å². The van der Waals surface area contributed by atoms with Crippen molar-refractivity contribution in [2.75, 3.05) is 0 Å². The quantitative estimate of drug-likeness (QED) is 0.151. The molecule has 0 atom stereocenters. The van der Waals surface area contributed by atoms with Gasteiger partial charge in [0.15, 0.2) is 0 Å². The number of pyridine rings is 4. The molecule has 0 amide bonds. The van der Waals surface area contributed by atoms with Gasteiger partial charge < -0.3 is 0 Å². The minimum Gasteiger partial charge on any atom is -0.243 e. The third kappa shape index (κ3) is 8.18. The second kappa shape index (κ2) is 13.8. The molecule has 0 N–H and O–H groups in total. The minimum atomic E-state index is -1.69. The number of aromatic nitrogens is 4. The summed E-state index contributed by atoms with van der Waals surface area (Å²) in [6.45, 7) is 13.4. The van der Waals surface area contributed by atoms with Gasteiger partial charge in [-0.2, -0.15) is 0 Å². The maximum absolute atomic E-state index is 6.37. The van der Waals surface area contributed by atoms with E-state index in [0.29, 0.717) is 20.6 Å². The first-order valence-electron chi connectivity index (χ1n) is 11.7. The van der Waals surface area contributed by atoms with Gasteiger partial charge >= 0.3 is 0 Å². The smallest absolute Gasteiger partial charge is 0.129 e. The Balaban J connectivity index is 0.000000220. The zero-order valence-corrected chi connectivity index (χ0v) is 33.6. The van der Waals surface area contributed by atoms with Gasteiger partial charge in [0.2, 0.25) is 0 Å². The van der Waals surface area contributed by atoms with Crippen LogP contribution in [0.4, 0.5) is 0 Å². The lowest BCUT2D eigenvalue weighted by Crippen LogP contribution is -2.40. The molecule has 0 aromatic carbocycles. The van der Waals surface area contributed by atoms with E-state index in [1.54, 1.807) is 24.8 Å². The molecule has 4 heterocycles. The predicted molar refractivity (Wildman–Crippen MR) is 192 cm³/mol. The molecular formula is C26H24Br4Cl4N4Si2. The molecule has 0 radical (unpaired) electrons. The van der Waals surface area contributed by atoms with E-state index in [1.165, 1.54) is 0 Å². The zero-order chi connectivity index (χ0) is 30.2. The normalized spacial score (nSPS) is 11.8. The van der Waals surface area contributed by atoms with Crippen LogP contribution in [0.15, 0.2) is 54.8 Å². The lowest BCUT2D eigenvalue weighted by atomic mass is 10.1. The summed E-state index contributed by atoms with van der Waals surface area (Å²) in [6, 6.07) is 3.68. The van der Waals surface area contributed by atoms with Crippen LogP contribution in [0.25, 0.3) is 22.3 Å². The lowest BCUT2D eigenvalue weighted by Gasteiger charge is -2.23. The Morgan fingerprint density at radius 1 is 0.500 bits per heavy atom. The van der Waals surface area contributed by atoms with Crippen LogP contribution in [0.1, 0.15) is 0 Å². The van der Waals surface area contributed by atoms with E-state index in [4.69, 9.17) is 46.4 Å². The summed E-state index contributed by atoms with van der Waals surface area (Å²) in [5.41, 5.74) is 4.03. The summed E-state index contributed by atoms with van der Waals surface area (Å²) in [5, 5.41) is 4.23. The van der Waals surface area contributed by atoms with Crippen molar-refractivity contribution in [1.29, 1.82) is 0 Å². The molecule has 4 aromatic rings. The van der Waals surface area contributed by atoms with E-state index in [0.717, 1.165) is 50.5 Å². The summed E-state index contributed by atoms with van der Waals surface area (Å²) in [7, 11) is -3.37. The summed E-state index contributed by atoms with van der Waals surface area (Å²) < 4.78 is 3.57. The molecule has 0 unspecified atom stereocenters. The first-order chi connectivity index (χ1) is 18.4. The van der Waals surface area contributed by atoms with Gasteiger partial charge in [-0.05, 0) is 86.2 Å². The molecule has 0 fully saturated rings. The fourth-order valence-electron chi connectivity index (χ4n) is 4.04. The molecule has 4 rings (SSSR count). The topological polar surface area (TPSA) is 51.6 Å². The van der Waals surface area contributed by atoms with Gasteiger partial charge in [0.05, 0.1) is 16.1 Å². The zero-order valence-electron chi connectivity index (χ0n) is 22.3. The van der Waals surface area contributed by atoms with Crippen molar-refractivity contribution in [2.24, 2.45) is 0 Å². The average Bonchev–Trinajstić information content (AvgIpc) is 2.84. The van der Waals surface area contributed by atoms with Gasteiger partial charge in [0, 0.05) is 64.9 Å². The molecule has 0 aliphatic heterocycles. The van der Waals surface area contributed by atoms with Gasteiger partial charge in [-0.1, -0.05) is 85.7 Å². The molecule has 0 saturated heterocycles. The monoisotopic (exact) mass is 904 g/mol. The van der Waals surface area contributed by atoms with Gasteiger partial charge in [0.25, 0.3) is 0 Å². The van der Waals surface area contributed by atoms with Crippen LogP contribution in [-0.4, -0.2) is 36.1 Å². The van der Waals surface area contributed by atoms with Crippen LogP contribution in [0.5, 0.6) is 0 Å². The standard InChI is InChI=1S/2C13H12Br2Cl2N2Si/c2*1-20(2,3)12-11(9(15)6-19-13(12)17)7-4-10(16)18-5-8(7)14/h2*4-6H,1-3H3. The van der Waals surface area contributed by atoms with Crippen molar-refractivity contribution in [2.45, 2.75) is 39.3 Å². The van der Waals surface area contributed by atoms with Crippen molar-refractivity contribution in [3.8, 4) is 22.3 Å². The third-order valence-corrected chi connectivity index (χ3v) is 13.4. The van der Waals surface area contributed by atoms with Crippen LogP contribution in [0, 0.1) is 0 Å². The molecule has 0 spiro atoms. The van der Waals surface area contributed by atoms with E-state index in [1.807, 2.05) is 12.1 Å². The highest BCUT2D eigenvalue weighted by molar-refractivity contribution is 9.11. The number of hydrogen-bond donors (Lipinski definition) is 0. The summed E-state index contributed by atoms with van der Waals surface area (Å²) in [5.74, 6) is 0. The first kappa shape index (κ1) is 34.6. The van der Waals surface area contributed by atoms with E-state index in [2.05, 4.69) is 123 Å². The molecular weight excluding hydrogens is 886 g/mol. The van der Waals surface area contributed by atoms with Crippen LogP contribution in [0.3, 0.4) is 0 Å². The maximum Gasteiger partial charge on any atom is 0.129 e. The Bertz CT molecular complexity index is 1460. The Morgan fingerprint density at radius 2 is 0.800 bits per heavy atom. The second-order valence-corrected chi connectivity index (χ2v) is 25.7. The van der Waals surface area contributed by atoms with E-state index >= 15 is 0 Å². The fourth-order valence-corrected chi connectivity index (χ4v) is 12.0. The summed E-state index contributed by atoms with van der Waals surface area (Å²) in [4.78, 5) is 16.7. The maximum atomic E-state index is 6.37. The lowest BCUT2D eigenvalue weighted by molar-refractivity contribution is 1.29.